The molecule has 1 unspecified atom stereocenters. The van der Waals surface area contributed by atoms with Gasteiger partial charge in [-0.25, -0.2) is 4.99 Å². The molecule has 1 heterocycles. The van der Waals surface area contributed by atoms with E-state index in [-0.39, 0.29) is 0 Å². The number of quaternary nitrogens is 1. The second-order valence-corrected chi connectivity index (χ2v) is 6.72. The van der Waals surface area contributed by atoms with Gasteiger partial charge in [-0.05, 0) is 12.8 Å². The Morgan fingerprint density at radius 2 is 1.48 bits per heavy atom. The van der Waals surface area contributed by atoms with Crippen LogP contribution < -0.4 is 5.73 Å². The number of aliphatic imine (C=N–C) groups is 1. The van der Waals surface area contributed by atoms with Gasteiger partial charge in [-0.2, -0.15) is 0 Å². The zero-order valence-corrected chi connectivity index (χ0v) is 14.6. The number of rotatable bonds is 13. The Balaban J connectivity index is 2.01. The first-order valence-electron chi connectivity index (χ1n) is 9.33. The number of hydrogen-bond acceptors (Lipinski definition) is 2. The summed E-state index contributed by atoms with van der Waals surface area (Å²) in [7, 11) is 0. The smallest absolute Gasteiger partial charge is 0.195 e. The lowest BCUT2D eigenvalue weighted by Crippen LogP contribution is -2.53. The quantitative estimate of drug-likeness (QED) is 0.403. The number of unbranched alkanes of at least 4 members (excludes halogenated alkanes) is 9. The summed E-state index contributed by atoms with van der Waals surface area (Å²) >= 11 is 0. The SMILES string of the molecule is CCCCCCCCCCCC[N+]1(CCN)CCN=C1C. The van der Waals surface area contributed by atoms with Crippen molar-refractivity contribution in [2.24, 2.45) is 10.7 Å². The minimum Gasteiger partial charge on any atom is -0.326 e. The minimum atomic E-state index is 0.782. The van der Waals surface area contributed by atoms with Gasteiger partial charge in [0, 0.05) is 13.5 Å². The molecule has 0 saturated carbocycles. The third-order valence-corrected chi connectivity index (χ3v) is 5.05. The van der Waals surface area contributed by atoms with Gasteiger partial charge in [-0.1, -0.05) is 58.3 Å². The van der Waals surface area contributed by atoms with Crippen molar-refractivity contribution >= 4 is 5.84 Å². The molecule has 0 aliphatic carbocycles. The molecule has 0 amide bonds. The van der Waals surface area contributed by atoms with Crippen LogP contribution in [0.5, 0.6) is 0 Å². The van der Waals surface area contributed by atoms with Crippen molar-refractivity contribution in [3.8, 4) is 0 Å². The van der Waals surface area contributed by atoms with Gasteiger partial charge in [0.1, 0.15) is 6.54 Å². The molecule has 3 heteroatoms. The monoisotopic (exact) mass is 296 g/mol. The van der Waals surface area contributed by atoms with E-state index >= 15 is 0 Å². The van der Waals surface area contributed by atoms with Crippen molar-refractivity contribution < 1.29 is 4.48 Å². The van der Waals surface area contributed by atoms with Gasteiger partial charge in [0.2, 0.25) is 0 Å². The molecule has 21 heavy (non-hydrogen) atoms. The normalized spacial score (nSPS) is 21.8. The van der Waals surface area contributed by atoms with Crippen LogP contribution >= 0.6 is 0 Å². The summed E-state index contributed by atoms with van der Waals surface area (Å²) in [5.74, 6) is 1.32. The predicted octanol–water partition coefficient (Wildman–Crippen LogP) is 4.11. The number of nitrogens with zero attached hydrogens (tertiary/aromatic N) is 2. The highest BCUT2D eigenvalue weighted by Crippen LogP contribution is 2.18. The van der Waals surface area contributed by atoms with Crippen LogP contribution in [0.4, 0.5) is 0 Å². The lowest BCUT2D eigenvalue weighted by Gasteiger charge is -2.33. The van der Waals surface area contributed by atoms with E-state index in [0.717, 1.165) is 24.1 Å². The summed E-state index contributed by atoms with van der Waals surface area (Å²) in [6.45, 7) is 9.77. The average Bonchev–Trinajstić information content (AvgIpc) is 2.83. The van der Waals surface area contributed by atoms with Gasteiger partial charge < -0.3 is 5.73 Å². The third kappa shape index (κ3) is 6.92. The van der Waals surface area contributed by atoms with Gasteiger partial charge in [0.15, 0.2) is 5.84 Å². The fourth-order valence-electron chi connectivity index (χ4n) is 3.52. The van der Waals surface area contributed by atoms with E-state index in [1.165, 1.54) is 83.1 Å². The van der Waals surface area contributed by atoms with Crippen LogP contribution in [-0.4, -0.2) is 43.0 Å². The first kappa shape index (κ1) is 18.6. The molecule has 1 rings (SSSR count). The number of nitrogens with two attached hydrogens (primary N) is 1. The molecular formula is C18H38N3+. The van der Waals surface area contributed by atoms with Crippen LogP contribution in [0.25, 0.3) is 0 Å². The molecule has 124 valence electrons. The predicted molar refractivity (Wildman–Crippen MR) is 93.7 cm³/mol. The van der Waals surface area contributed by atoms with E-state index in [9.17, 15) is 0 Å². The molecular weight excluding hydrogens is 258 g/mol. The summed E-state index contributed by atoms with van der Waals surface area (Å²) in [4.78, 5) is 4.61. The van der Waals surface area contributed by atoms with E-state index in [4.69, 9.17) is 5.73 Å². The molecule has 0 aromatic carbocycles. The van der Waals surface area contributed by atoms with Crippen molar-refractivity contribution in [3.05, 3.63) is 0 Å². The second kappa shape index (κ2) is 11.2. The van der Waals surface area contributed by atoms with Crippen LogP contribution in [0.1, 0.15) is 78.1 Å². The Morgan fingerprint density at radius 3 is 1.95 bits per heavy atom. The molecule has 2 N–H and O–H groups in total. The fourth-order valence-corrected chi connectivity index (χ4v) is 3.52. The first-order valence-corrected chi connectivity index (χ1v) is 9.33. The Labute approximate surface area is 132 Å². The van der Waals surface area contributed by atoms with E-state index in [2.05, 4.69) is 18.8 Å². The molecule has 0 aromatic rings. The maximum Gasteiger partial charge on any atom is 0.195 e. The van der Waals surface area contributed by atoms with Gasteiger partial charge in [0.05, 0.1) is 19.6 Å². The highest BCUT2D eigenvalue weighted by atomic mass is 15.4. The first-order chi connectivity index (χ1) is 10.2. The Bertz CT molecular complexity index is 288. The van der Waals surface area contributed by atoms with Crippen molar-refractivity contribution in [2.45, 2.75) is 78.1 Å². The van der Waals surface area contributed by atoms with Crippen LogP contribution in [0.3, 0.4) is 0 Å². The molecule has 0 aromatic heterocycles. The Kier molecular flexibility index (Phi) is 9.94. The van der Waals surface area contributed by atoms with Crippen LogP contribution in [0, 0.1) is 0 Å². The van der Waals surface area contributed by atoms with Crippen molar-refractivity contribution in [3.63, 3.8) is 0 Å². The fraction of sp³-hybridized carbons (Fsp3) is 0.944. The van der Waals surface area contributed by atoms with Gasteiger partial charge in [0.25, 0.3) is 0 Å². The van der Waals surface area contributed by atoms with Crippen molar-refractivity contribution in [1.82, 2.24) is 0 Å². The zero-order valence-electron chi connectivity index (χ0n) is 14.6. The molecule has 0 spiro atoms. The minimum absolute atomic E-state index is 0.782. The van der Waals surface area contributed by atoms with E-state index in [0.29, 0.717) is 0 Å². The lowest BCUT2D eigenvalue weighted by molar-refractivity contribution is -0.834. The summed E-state index contributed by atoms with van der Waals surface area (Å²) in [5, 5.41) is 0. The largest absolute Gasteiger partial charge is 0.326 e. The van der Waals surface area contributed by atoms with E-state index < -0.39 is 0 Å². The van der Waals surface area contributed by atoms with Crippen LogP contribution in [0.2, 0.25) is 0 Å². The van der Waals surface area contributed by atoms with Gasteiger partial charge in [-0.3, -0.25) is 4.48 Å². The highest BCUT2D eigenvalue weighted by molar-refractivity contribution is 5.73. The zero-order chi connectivity index (χ0) is 15.4. The summed E-state index contributed by atoms with van der Waals surface area (Å²) < 4.78 is 1.08. The second-order valence-electron chi connectivity index (χ2n) is 6.72. The molecule has 0 bridgehead atoms. The molecule has 3 nitrogen and oxygen atoms in total. The van der Waals surface area contributed by atoms with Crippen molar-refractivity contribution in [2.75, 3.05) is 32.7 Å². The summed E-state index contributed by atoms with van der Waals surface area (Å²) in [6, 6.07) is 0. The summed E-state index contributed by atoms with van der Waals surface area (Å²) in [6.07, 6.45) is 14.1. The van der Waals surface area contributed by atoms with Crippen molar-refractivity contribution in [1.29, 1.82) is 0 Å². The maximum absolute atomic E-state index is 5.81. The Hall–Kier alpha value is -0.410. The maximum atomic E-state index is 5.81. The average molecular weight is 297 g/mol. The van der Waals surface area contributed by atoms with E-state index in [1.807, 2.05) is 0 Å². The third-order valence-electron chi connectivity index (χ3n) is 5.05. The van der Waals surface area contributed by atoms with Gasteiger partial charge >= 0.3 is 0 Å². The standard InChI is InChI=1S/C18H38N3/c1-3-4-5-6-7-8-9-10-11-12-15-21(16-13-19)17-14-20-18(21)2/h3-17,19H2,1-2H3/q+1. The van der Waals surface area contributed by atoms with Crippen LogP contribution in [-0.2, 0) is 0 Å². The molecule has 0 fully saturated rings. The lowest BCUT2D eigenvalue weighted by atomic mass is 10.1. The van der Waals surface area contributed by atoms with E-state index in [1.54, 1.807) is 0 Å². The Morgan fingerprint density at radius 1 is 0.905 bits per heavy atom. The molecule has 1 aliphatic heterocycles. The number of hydrogen-bond donors (Lipinski definition) is 1. The number of amidine groups is 1. The molecule has 0 radical (unpaired) electrons. The highest BCUT2D eigenvalue weighted by Gasteiger charge is 2.33. The van der Waals surface area contributed by atoms with Gasteiger partial charge in [-0.15, -0.1) is 0 Å². The van der Waals surface area contributed by atoms with Crippen LogP contribution in [0.15, 0.2) is 4.99 Å². The summed E-state index contributed by atoms with van der Waals surface area (Å²) in [5.41, 5.74) is 5.81. The molecule has 1 aliphatic rings. The molecule has 1 atom stereocenters. The topological polar surface area (TPSA) is 38.4 Å². The molecule has 0 saturated heterocycles.